The van der Waals surface area contributed by atoms with E-state index in [0.29, 0.717) is 30.8 Å². The van der Waals surface area contributed by atoms with Crippen LogP contribution in [0.15, 0.2) is 29.3 Å². The molecular formula is C26H41N5O. The Balaban J connectivity index is 1.46. The first-order valence-electron chi connectivity index (χ1n) is 12.4. The van der Waals surface area contributed by atoms with E-state index >= 15 is 0 Å². The topological polar surface area (TPSA) is 60.0 Å². The quantitative estimate of drug-likeness (QED) is 0.750. The average molecular weight is 440 g/mol. The van der Waals surface area contributed by atoms with Crippen LogP contribution in [0.4, 0.5) is 5.69 Å². The van der Waals surface area contributed by atoms with E-state index in [2.05, 4.69) is 79.3 Å². The second kappa shape index (κ2) is 9.14. The lowest BCUT2D eigenvalue weighted by molar-refractivity contribution is -0.131. The van der Waals surface area contributed by atoms with Gasteiger partial charge in [0.2, 0.25) is 5.91 Å². The highest BCUT2D eigenvalue weighted by Gasteiger charge is 2.46. The number of anilines is 1. The Morgan fingerprint density at radius 2 is 1.91 bits per heavy atom. The lowest BCUT2D eigenvalue weighted by atomic mass is 9.92. The third-order valence-corrected chi connectivity index (χ3v) is 7.25. The molecule has 176 valence electrons. The number of hydrogen-bond donors (Lipinski definition) is 2. The summed E-state index contributed by atoms with van der Waals surface area (Å²) in [6, 6.07) is 9.02. The highest BCUT2D eigenvalue weighted by Crippen LogP contribution is 2.32. The van der Waals surface area contributed by atoms with Crippen LogP contribution in [0.2, 0.25) is 0 Å². The molecule has 3 aliphatic heterocycles. The summed E-state index contributed by atoms with van der Waals surface area (Å²) in [6.07, 6.45) is 3.84. The van der Waals surface area contributed by atoms with Crippen LogP contribution in [0.5, 0.6) is 0 Å². The molecule has 3 aliphatic rings. The summed E-state index contributed by atoms with van der Waals surface area (Å²) in [5.74, 6) is 1.79. The molecule has 6 nitrogen and oxygen atoms in total. The average Bonchev–Trinajstić information content (AvgIpc) is 3.12. The van der Waals surface area contributed by atoms with Crippen LogP contribution >= 0.6 is 0 Å². The maximum absolute atomic E-state index is 13.3. The SMILES string of the molecule is CC(C)N1CCC(CC(=O)N2CC[C@]3(C2)NCc2ccccc2NC3=NC(C)(C)C)CC1. The number of nitrogens with zero attached hydrogens (tertiary/aromatic N) is 3. The van der Waals surface area contributed by atoms with E-state index in [1.54, 1.807) is 0 Å². The number of amidine groups is 1. The van der Waals surface area contributed by atoms with Crippen molar-refractivity contribution in [3.63, 3.8) is 0 Å². The Morgan fingerprint density at radius 3 is 2.59 bits per heavy atom. The van der Waals surface area contributed by atoms with Crippen molar-refractivity contribution in [1.82, 2.24) is 15.1 Å². The van der Waals surface area contributed by atoms with E-state index in [1.807, 2.05) is 0 Å². The van der Waals surface area contributed by atoms with Gasteiger partial charge in [0, 0.05) is 37.8 Å². The molecule has 6 heteroatoms. The molecule has 1 atom stereocenters. The fourth-order valence-electron chi connectivity index (χ4n) is 5.27. The summed E-state index contributed by atoms with van der Waals surface area (Å²) >= 11 is 0. The number of amides is 1. The van der Waals surface area contributed by atoms with Crippen molar-refractivity contribution in [2.75, 3.05) is 31.5 Å². The summed E-state index contributed by atoms with van der Waals surface area (Å²) in [6.45, 7) is 15.4. The standard InChI is InChI=1S/C26H41N5O/c1-19(2)30-13-10-20(11-14-30)16-23(32)31-15-12-26(18-31)24(29-25(3,4)5)28-22-9-7-6-8-21(22)17-27-26/h6-9,19-20,27H,10-18H2,1-5H3,(H,28,29)/t26-/m1/s1. The maximum Gasteiger partial charge on any atom is 0.222 e. The van der Waals surface area contributed by atoms with Crippen molar-refractivity contribution in [3.05, 3.63) is 29.8 Å². The lowest BCUT2D eigenvalue weighted by Crippen LogP contribution is -2.56. The minimum atomic E-state index is -0.317. The van der Waals surface area contributed by atoms with Crippen LogP contribution in [-0.2, 0) is 11.3 Å². The van der Waals surface area contributed by atoms with Crippen LogP contribution < -0.4 is 10.6 Å². The summed E-state index contributed by atoms with van der Waals surface area (Å²) in [4.78, 5) is 23.0. The molecule has 0 radical (unpaired) electrons. The normalized spacial score (nSPS) is 26.4. The van der Waals surface area contributed by atoms with Gasteiger partial charge in [-0.25, -0.2) is 0 Å². The second-order valence-corrected chi connectivity index (χ2v) is 11.2. The molecule has 3 heterocycles. The Hall–Kier alpha value is -1.92. The zero-order valence-electron chi connectivity index (χ0n) is 20.6. The highest BCUT2D eigenvalue weighted by molar-refractivity contribution is 6.04. The molecule has 1 aromatic carbocycles. The van der Waals surface area contributed by atoms with Gasteiger partial charge >= 0.3 is 0 Å². The maximum atomic E-state index is 13.3. The molecule has 2 N–H and O–H groups in total. The van der Waals surface area contributed by atoms with Crippen LogP contribution in [0.25, 0.3) is 0 Å². The molecule has 1 spiro atoms. The van der Waals surface area contributed by atoms with E-state index in [9.17, 15) is 4.79 Å². The van der Waals surface area contributed by atoms with Crippen molar-refractivity contribution >= 4 is 17.4 Å². The monoisotopic (exact) mass is 439 g/mol. The minimum absolute atomic E-state index is 0.196. The molecule has 2 saturated heterocycles. The number of carbonyl (C=O) groups is 1. The Labute approximate surface area is 193 Å². The molecule has 0 saturated carbocycles. The smallest absolute Gasteiger partial charge is 0.222 e. The number of carbonyl (C=O) groups excluding carboxylic acids is 1. The number of likely N-dealkylation sites (tertiary alicyclic amines) is 2. The number of para-hydroxylation sites is 1. The van der Waals surface area contributed by atoms with Crippen molar-refractivity contribution in [2.45, 2.75) is 84.0 Å². The minimum Gasteiger partial charge on any atom is -0.342 e. The summed E-state index contributed by atoms with van der Waals surface area (Å²) in [5, 5.41) is 7.45. The number of piperidine rings is 1. The van der Waals surface area contributed by atoms with Crippen molar-refractivity contribution in [3.8, 4) is 0 Å². The molecule has 32 heavy (non-hydrogen) atoms. The van der Waals surface area contributed by atoms with E-state index in [4.69, 9.17) is 4.99 Å². The van der Waals surface area contributed by atoms with Crippen LogP contribution in [-0.4, -0.2) is 64.8 Å². The van der Waals surface area contributed by atoms with Gasteiger partial charge in [0.15, 0.2) is 0 Å². The van der Waals surface area contributed by atoms with Gasteiger partial charge in [-0.2, -0.15) is 0 Å². The Kier molecular flexibility index (Phi) is 6.64. The van der Waals surface area contributed by atoms with Crippen molar-refractivity contribution in [1.29, 1.82) is 0 Å². The molecule has 0 aliphatic carbocycles. The summed E-state index contributed by atoms with van der Waals surface area (Å²) < 4.78 is 0. The number of aliphatic imine (C=N–C) groups is 1. The Morgan fingerprint density at radius 1 is 1.19 bits per heavy atom. The molecule has 0 aromatic heterocycles. The van der Waals surface area contributed by atoms with Crippen LogP contribution in [0, 0.1) is 5.92 Å². The molecule has 1 aromatic rings. The molecule has 2 fully saturated rings. The highest BCUT2D eigenvalue weighted by atomic mass is 16.2. The predicted molar refractivity (Wildman–Crippen MR) is 132 cm³/mol. The number of hydrogen-bond acceptors (Lipinski definition) is 4. The molecule has 4 rings (SSSR count). The fourth-order valence-corrected chi connectivity index (χ4v) is 5.27. The predicted octanol–water partition coefficient (Wildman–Crippen LogP) is 3.88. The van der Waals surface area contributed by atoms with Gasteiger partial charge in [0.1, 0.15) is 5.84 Å². The first-order valence-corrected chi connectivity index (χ1v) is 12.4. The van der Waals surface area contributed by atoms with E-state index < -0.39 is 0 Å². The number of nitrogens with one attached hydrogen (secondary N) is 2. The third-order valence-electron chi connectivity index (χ3n) is 7.25. The van der Waals surface area contributed by atoms with E-state index in [1.165, 1.54) is 5.56 Å². The van der Waals surface area contributed by atoms with Gasteiger partial charge in [-0.15, -0.1) is 0 Å². The van der Waals surface area contributed by atoms with Crippen LogP contribution in [0.1, 0.15) is 65.9 Å². The Bertz CT molecular complexity index is 850. The van der Waals surface area contributed by atoms with Crippen molar-refractivity contribution < 1.29 is 4.79 Å². The largest absolute Gasteiger partial charge is 0.342 e. The second-order valence-electron chi connectivity index (χ2n) is 11.2. The zero-order chi connectivity index (χ0) is 22.9. The summed E-state index contributed by atoms with van der Waals surface area (Å²) in [7, 11) is 0. The van der Waals surface area contributed by atoms with E-state index in [-0.39, 0.29) is 11.1 Å². The number of rotatable bonds is 3. The first kappa shape index (κ1) is 23.2. The molecule has 1 amide bonds. The molecule has 0 bridgehead atoms. The van der Waals surface area contributed by atoms with Gasteiger partial charge < -0.3 is 15.1 Å². The lowest BCUT2D eigenvalue weighted by Gasteiger charge is -2.35. The fraction of sp³-hybridized carbons (Fsp3) is 0.692. The number of benzene rings is 1. The van der Waals surface area contributed by atoms with Gasteiger partial charge in [-0.3, -0.25) is 15.1 Å². The van der Waals surface area contributed by atoms with Gasteiger partial charge in [-0.1, -0.05) is 18.2 Å². The van der Waals surface area contributed by atoms with Gasteiger partial charge in [0.25, 0.3) is 0 Å². The van der Waals surface area contributed by atoms with Crippen LogP contribution in [0.3, 0.4) is 0 Å². The van der Waals surface area contributed by atoms with Crippen molar-refractivity contribution in [2.24, 2.45) is 10.9 Å². The first-order chi connectivity index (χ1) is 15.2. The zero-order valence-corrected chi connectivity index (χ0v) is 20.6. The van der Waals surface area contributed by atoms with Gasteiger partial charge in [0.05, 0.1) is 11.1 Å². The van der Waals surface area contributed by atoms with Gasteiger partial charge in [-0.05, 0) is 84.5 Å². The summed E-state index contributed by atoms with van der Waals surface area (Å²) in [5.41, 5.74) is 1.84. The molecular weight excluding hydrogens is 398 g/mol. The number of fused-ring (bicyclic) bond motifs is 1. The van der Waals surface area contributed by atoms with E-state index in [0.717, 1.165) is 57.0 Å². The third kappa shape index (κ3) is 5.18. The molecule has 0 unspecified atom stereocenters.